The quantitative estimate of drug-likeness (QED) is 0.428. The maximum atomic E-state index is 13.8. The first kappa shape index (κ1) is 28.8. The second-order valence-corrected chi connectivity index (χ2v) is 12.8. The highest BCUT2D eigenvalue weighted by Gasteiger charge is 2.59. The summed E-state index contributed by atoms with van der Waals surface area (Å²) >= 11 is 1.69. The summed E-state index contributed by atoms with van der Waals surface area (Å²) < 4.78 is 0. The van der Waals surface area contributed by atoms with Crippen LogP contribution in [0, 0.1) is 18.9 Å². The molecule has 1 aromatic heterocycles. The number of aliphatic hydroxyl groups excluding tert-OH is 1. The van der Waals surface area contributed by atoms with Crippen molar-refractivity contribution in [2.75, 3.05) is 6.54 Å². The molecule has 0 radical (unpaired) electrons. The van der Waals surface area contributed by atoms with Crippen LogP contribution in [0.4, 0.5) is 0 Å². The number of hydrogen-bond acceptors (Lipinski definition) is 5. The summed E-state index contributed by atoms with van der Waals surface area (Å²) in [5.41, 5.74) is 1.58. The van der Waals surface area contributed by atoms with Gasteiger partial charge in [-0.25, -0.2) is 6.57 Å². The third-order valence-corrected chi connectivity index (χ3v) is 8.84. The molecule has 39 heavy (non-hydrogen) atoms. The maximum Gasteiger partial charge on any atom is 0.309 e. The van der Waals surface area contributed by atoms with Gasteiger partial charge in [0.1, 0.15) is 12.1 Å². The van der Waals surface area contributed by atoms with E-state index in [0.717, 1.165) is 11.1 Å². The summed E-state index contributed by atoms with van der Waals surface area (Å²) in [5, 5.41) is 18.4. The van der Waals surface area contributed by atoms with Crippen LogP contribution < -0.4 is 10.6 Å². The number of benzene rings is 1. The third kappa shape index (κ3) is 6.02. The van der Waals surface area contributed by atoms with Crippen LogP contribution in [0.5, 0.6) is 0 Å². The summed E-state index contributed by atoms with van der Waals surface area (Å²) in [6, 6.07) is 8.21. The summed E-state index contributed by atoms with van der Waals surface area (Å²) in [6.07, 6.45) is 0.903. The number of aliphatic hydroxyl groups is 1. The molecular formula is C30H38N4O4S. The molecule has 3 N–H and O–H groups in total. The Bertz CT molecular complexity index is 1270. The summed E-state index contributed by atoms with van der Waals surface area (Å²) in [7, 11) is 0. The Morgan fingerprint density at radius 2 is 1.85 bits per heavy atom. The van der Waals surface area contributed by atoms with Crippen LogP contribution in [-0.4, -0.2) is 58.0 Å². The number of nitrogens with one attached hydrogen (secondary N) is 2. The van der Waals surface area contributed by atoms with Crippen molar-refractivity contribution in [3.63, 3.8) is 0 Å². The van der Waals surface area contributed by atoms with Crippen molar-refractivity contribution in [3.8, 4) is 10.4 Å². The fourth-order valence-electron chi connectivity index (χ4n) is 5.12. The van der Waals surface area contributed by atoms with Crippen LogP contribution in [0.1, 0.15) is 70.5 Å². The number of amides is 3. The lowest BCUT2D eigenvalue weighted by Gasteiger charge is -2.35. The number of carbonyl (C=O) groups is 3. The number of nitrogens with zero attached hydrogens (tertiary/aromatic N) is 2. The lowest BCUT2D eigenvalue weighted by molar-refractivity contribution is -0.144. The molecule has 0 spiro atoms. The maximum absolute atomic E-state index is 13.8. The normalized spacial score (nSPS) is 21.5. The molecule has 1 saturated carbocycles. The zero-order valence-electron chi connectivity index (χ0n) is 23.3. The topological polar surface area (TPSA) is 103 Å². The Hall–Kier alpha value is -3.22. The highest BCUT2D eigenvalue weighted by atomic mass is 32.1. The average molecular weight is 551 g/mol. The predicted molar refractivity (Wildman–Crippen MR) is 152 cm³/mol. The van der Waals surface area contributed by atoms with Crippen molar-refractivity contribution < 1.29 is 19.5 Å². The van der Waals surface area contributed by atoms with Gasteiger partial charge in [0.25, 0.3) is 0 Å². The molecule has 2 aliphatic rings. The molecule has 3 amide bonds. The number of likely N-dealkylation sites (tertiary alicyclic amines) is 1. The van der Waals surface area contributed by atoms with E-state index in [1.807, 2.05) is 39.8 Å². The number of aryl methyl sites for hydroxylation is 1. The molecule has 2 fully saturated rings. The van der Waals surface area contributed by atoms with Gasteiger partial charge in [0.2, 0.25) is 11.8 Å². The molecule has 0 bridgehead atoms. The van der Waals surface area contributed by atoms with E-state index in [4.69, 9.17) is 6.57 Å². The number of carbonyl (C=O) groups excluding carboxylic acids is 3. The summed E-state index contributed by atoms with van der Waals surface area (Å²) in [5.74, 6) is -1.19. The zero-order chi connectivity index (χ0) is 28.5. The van der Waals surface area contributed by atoms with Gasteiger partial charge in [0.15, 0.2) is 0 Å². The van der Waals surface area contributed by atoms with E-state index in [-0.39, 0.29) is 24.9 Å². The Balaban J connectivity index is 1.49. The van der Waals surface area contributed by atoms with E-state index in [9.17, 15) is 19.5 Å². The van der Waals surface area contributed by atoms with Gasteiger partial charge in [-0.3, -0.25) is 19.2 Å². The van der Waals surface area contributed by atoms with Crippen molar-refractivity contribution in [1.82, 2.24) is 15.5 Å². The monoisotopic (exact) mass is 550 g/mol. The minimum absolute atomic E-state index is 0.0129. The molecule has 1 aromatic carbocycles. The van der Waals surface area contributed by atoms with E-state index >= 15 is 0 Å². The van der Waals surface area contributed by atoms with Crippen molar-refractivity contribution in [1.29, 1.82) is 0 Å². The predicted octanol–water partition coefficient (Wildman–Crippen LogP) is 4.24. The zero-order valence-corrected chi connectivity index (χ0v) is 24.1. The van der Waals surface area contributed by atoms with Crippen LogP contribution in [0.25, 0.3) is 15.3 Å². The first-order valence-electron chi connectivity index (χ1n) is 13.5. The number of hydrogen-bond donors (Lipinski definition) is 3. The third-order valence-electron chi connectivity index (χ3n) is 7.78. The molecule has 4 rings (SSSR count). The molecule has 2 heterocycles. The van der Waals surface area contributed by atoms with E-state index in [0.29, 0.717) is 19.3 Å². The Morgan fingerprint density at radius 1 is 1.18 bits per heavy atom. The molecule has 1 saturated heterocycles. The second kappa shape index (κ2) is 11.1. The van der Waals surface area contributed by atoms with Gasteiger partial charge < -0.3 is 20.6 Å². The molecule has 4 atom stereocenters. The molecule has 0 unspecified atom stereocenters. The number of thiophene rings is 1. The SMILES string of the molecule is [C-]#[N+]C1(C(=O)N[C@H](C(=O)N2C[C@H](O)C[C@H]2C(=O)N[C@@H](CC)c2ccc(-c3sccc3C)cc2)C(C)(C)C)CC1. The van der Waals surface area contributed by atoms with Crippen LogP contribution in [0.2, 0.25) is 0 Å². The Kier molecular flexibility index (Phi) is 8.20. The van der Waals surface area contributed by atoms with Gasteiger partial charge in [0, 0.05) is 30.7 Å². The second-order valence-electron chi connectivity index (χ2n) is 11.8. The molecule has 1 aliphatic carbocycles. The summed E-state index contributed by atoms with van der Waals surface area (Å²) in [6.45, 7) is 17.0. The fraction of sp³-hybridized carbons (Fsp3) is 0.533. The van der Waals surface area contributed by atoms with Gasteiger partial charge in [-0.2, -0.15) is 0 Å². The standard InChI is InChI=1S/C30H38N4O4S/c1-7-22(19-8-10-20(11-9-19)24-18(2)12-15-39-24)32-26(36)23-16-21(35)17-34(23)27(37)25(29(3,4)5)33-28(38)30(31-6)13-14-30/h8-12,15,21-23,25,35H,7,13-14,16-17H2,1-5H3,(H,32,36)(H,33,38)/t21-,22+,23+,25-/m1/s1. The first-order valence-corrected chi connectivity index (χ1v) is 14.4. The molecular weight excluding hydrogens is 512 g/mol. The lowest BCUT2D eigenvalue weighted by Crippen LogP contribution is -2.59. The van der Waals surface area contributed by atoms with Gasteiger partial charge in [-0.05, 0) is 46.9 Å². The van der Waals surface area contributed by atoms with Crippen molar-refractivity contribution in [2.45, 2.75) is 90.1 Å². The molecule has 2 aromatic rings. The summed E-state index contributed by atoms with van der Waals surface area (Å²) in [4.78, 5) is 46.2. The van der Waals surface area contributed by atoms with Crippen molar-refractivity contribution in [3.05, 3.63) is 58.3 Å². The molecule has 208 valence electrons. The van der Waals surface area contributed by atoms with Crippen LogP contribution in [0.3, 0.4) is 0 Å². The van der Waals surface area contributed by atoms with Crippen LogP contribution >= 0.6 is 11.3 Å². The molecule has 8 nitrogen and oxygen atoms in total. The van der Waals surface area contributed by atoms with Crippen molar-refractivity contribution in [2.24, 2.45) is 5.41 Å². The molecule has 9 heteroatoms. The van der Waals surface area contributed by atoms with E-state index < -0.39 is 41.0 Å². The lowest BCUT2D eigenvalue weighted by atomic mass is 9.85. The van der Waals surface area contributed by atoms with Gasteiger partial charge in [0.05, 0.1) is 12.1 Å². The van der Waals surface area contributed by atoms with E-state index in [1.54, 1.807) is 11.3 Å². The number of β-amino-alcohol motifs (C(OH)–C–C–N with tert-alkyl or cyclic N) is 1. The van der Waals surface area contributed by atoms with Gasteiger partial charge >= 0.3 is 11.4 Å². The Morgan fingerprint density at radius 3 is 2.36 bits per heavy atom. The van der Waals surface area contributed by atoms with Gasteiger partial charge in [-0.1, -0.05) is 52.0 Å². The van der Waals surface area contributed by atoms with E-state index in [2.05, 4.69) is 46.0 Å². The van der Waals surface area contributed by atoms with Gasteiger partial charge in [-0.15, -0.1) is 11.3 Å². The largest absolute Gasteiger partial charge is 0.391 e. The smallest absolute Gasteiger partial charge is 0.309 e. The van der Waals surface area contributed by atoms with E-state index in [1.165, 1.54) is 15.3 Å². The molecule has 1 aliphatic heterocycles. The van der Waals surface area contributed by atoms with Crippen LogP contribution in [0.15, 0.2) is 35.7 Å². The fourth-order valence-corrected chi connectivity index (χ4v) is 6.05. The first-order chi connectivity index (χ1) is 18.4. The van der Waals surface area contributed by atoms with Crippen molar-refractivity contribution >= 4 is 29.1 Å². The minimum atomic E-state index is -1.09. The average Bonchev–Trinajstić information content (AvgIpc) is 3.44. The number of rotatable bonds is 8. The Labute approximate surface area is 234 Å². The highest BCUT2D eigenvalue weighted by molar-refractivity contribution is 7.13. The minimum Gasteiger partial charge on any atom is -0.391 e. The highest BCUT2D eigenvalue weighted by Crippen LogP contribution is 2.40. The van der Waals surface area contributed by atoms with Crippen LogP contribution in [-0.2, 0) is 14.4 Å².